The Morgan fingerprint density at radius 2 is 1.94 bits per heavy atom. The summed E-state index contributed by atoms with van der Waals surface area (Å²) in [6, 6.07) is 13.1. The van der Waals surface area contributed by atoms with E-state index in [1.165, 1.54) is 19.1 Å². The second kappa shape index (κ2) is 9.66. The monoisotopic (exact) mass is 496 g/mol. The van der Waals surface area contributed by atoms with Gasteiger partial charge >= 0.3 is 5.97 Å². The summed E-state index contributed by atoms with van der Waals surface area (Å²) in [5, 5.41) is 15.7. The number of halogens is 1. The van der Waals surface area contributed by atoms with E-state index in [0.717, 1.165) is 21.5 Å². The van der Waals surface area contributed by atoms with E-state index in [1.807, 2.05) is 54.8 Å². The number of nitrogens with zero attached hydrogens (tertiary/aromatic N) is 3. The van der Waals surface area contributed by atoms with E-state index in [-0.39, 0.29) is 11.4 Å². The number of hydrogen-bond acceptors (Lipinski definition) is 6. The molecule has 0 aliphatic carbocycles. The van der Waals surface area contributed by atoms with Gasteiger partial charge in [0.2, 0.25) is 0 Å². The minimum absolute atomic E-state index is 0.210. The first-order valence-electron chi connectivity index (χ1n) is 9.71. The predicted octanol–water partition coefficient (Wildman–Crippen LogP) is 4.63. The number of benzene rings is 1. The molecular formula is C23H21BrN4O4. The summed E-state index contributed by atoms with van der Waals surface area (Å²) in [5.74, 6) is -0.732. The standard InChI is InChI=1S/C23H21BrN4O4/c1-13-9-17(15(3)28(13)20-7-5-19(24)6-8-20)11-18(12-25)23(30)31-16(4)22(29)26-21-10-14(2)32-27-21/h5-11,16H,1-4H3,(H,26,27,29)/b18-11+. The lowest BCUT2D eigenvalue weighted by molar-refractivity contribution is -0.148. The van der Waals surface area contributed by atoms with E-state index < -0.39 is 18.0 Å². The Kier molecular flexibility index (Phi) is 6.95. The number of nitrogens with one attached hydrogen (secondary N) is 1. The normalized spacial score (nSPS) is 12.2. The minimum Gasteiger partial charge on any atom is -0.448 e. The van der Waals surface area contributed by atoms with E-state index >= 15 is 0 Å². The molecule has 0 fully saturated rings. The maximum absolute atomic E-state index is 12.5. The SMILES string of the molecule is Cc1cc(NC(=O)C(C)OC(=O)/C(C#N)=C/c2cc(C)n(-c3ccc(Br)cc3)c2C)no1. The van der Waals surface area contributed by atoms with Crippen LogP contribution in [-0.4, -0.2) is 27.7 Å². The zero-order valence-electron chi connectivity index (χ0n) is 18.0. The molecule has 0 radical (unpaired) electrons. The number of carbonyl (C=O) groups excluding carboxylic acids is 2. The Balaban J connectivity index is 1.77. The third-order valence-electron chi connectivity index (χ3n) is 4.73. The minimum atomic E-state index is -1.13. The Labute approximate surface area is 193 Å². The van der Waals surface area contributed by atoms with Gasteiger partial charge in [-0.2, -0.15) is 5.26 Å². The number of ether oxygens (including phenoxy) is 1. The Morgan fingerprint density at radius 3 is 2.53 bits per heavy atom. The molecular weight excluding hydrogens is 476 g/mol. The molecule has 1 unspecified atom stereocenters. The molecule has 3 aromatic rings. The van der Waals surface area contributed by atoms with Crippen molar-refractivity contribution < 1.29 is 18.8 Å². The summed E-state index contributed by atoms with van der Waals surface area (Å²) in [6.45, 7) is 6.93. The first-order valence-corrected chi connectivity index (χ1v) is 10.5. The van der Waals surface area contributed by atoms with Crippen molar-refractivity contribution in [1.82, 2.24) is 9.72 Å². The van der Waals surface area contributed by atoms with Gasteiger partial charge in [-0.1, -0.05) is 21.1 Å². The van der Waals surface area contributed by atoms with Crippen LogP contribution in [0.15, 0.2) is 51.0 Å². The first-order chi connectivity index (χ1) is 15.2. The predicted molar refractivity (Wildman–Crippen MR) is 122 cm³/mol. The Morgan fingerprint density at radius 1 is 1.25 bits per heavy atom. The number of aromatic nitrogens is 2. The lowest BCUT2D eigenvalue weighted by Gasteiger charge is -2.12. The molecule has 0 aliphatic rings. The van der Waals surface area contributed by atoms with Gasteiger partial charge in [0.25, 0.3) is 5.91 Å². The summed E-state index contributed by atoms with van der Waals surface area (Å²) in [6.07, 6.45) is 0.331. The summed E-state index contributed by atoms with van der Waals surface area (Å²) in [5.41, 5.74) is 3.25. The van der Waals surface area contributed by atoms with Crippen molar-refractivity contribution in [3.05, 3.63) is 69.2 Å². The highest BCUT2D eigenvalue weighted by Gasteiger charge is 2.22. The van der Waals surface area contributed by atoms with Gasteiger partial charge in [-0.05, 0) is 69.7 Å². The molecule has 1 atom stereocenters. The molecule has 0 saturated heterocycles. The van der Waals surface area contributed by atoms with Gasteiger partial charge in [-0.3, -0.25) is 4.79 Å². The van der Waals surface area contributed by atoms with E-state index in [1.54, 1.807) is 6.92 Å². The van der Waals surface area contributed by atoms with Crippen LogP contribution in [0.5, 0.6) is 0 Å². The largest absolute Gasteiger partial charge is 0.448 e. The lowest BCUT2D eigenvalue weighted by atomic mass is 10.1. The van der Waals surface area contributed by atoms with E-state index in [4.69, 9.17) is 9.26 Å². The van der Waals surface area contributed by atoms with Crippen molar-refractivity contribution in [3.63, 3.8) is 0 Å². The molecule has 3 rings (SSSR count). The fourth-order valence-electron chi connectivity index (χ4n) is 3.14. The van der Waals surface area contributed by atoms with E-state index in [9.17, 15) is 14.9 Å². The van der Waals surface area contributed by atoms with Crippen LogP contribution in [0.4, 0.5) is 5.82 Å². The Hall–Kier alpha value is -3.64. The van der Waals surface area contributed by atoms with Gasteiger partial charge in [-0.15, -0.1) is 0 Å². The summed E-state index contributed by atoms with van der Waals surface area (Å²) in [4.78, 5) is 24.8. The van der Waals surface area contributed by atoms with Crippen molar-refractivity contribution in [2.24, 2.45) is 0 Å². The summed E-state index contributed by atoms with van der Waals surface area (Å²) >= 11 is 3.42. The van der Waals surface area contributed by atoms with Crippen LogP contribution < -0.4 is 5.32 Å². The molecule has 0 aliphatic heterocycles. The van der Waals surface area contributed by atoms with Gasteiger partial charge < -0.3 is 19.1 Å². The first kappa shape index (κ1) is 23.0. The van der Waals surface area contributed by atoms with Crippen LogP contribution in [0.1, 0.15) is 29.6 Å². The molecule has 1 amide bonds. The van der Waals surface area contributed by atoms with Gasteiger partial charge in [0.1, 0.15) is 17.4 Å². The Bertz CT molecular complexity index is 1230. The van der Waals surface area contributed by atoms with Crippen molar-refractivity contribution in [3.8, 4) is 11.8 Å². The van der Waals surface area contributed by atoms with Crippen molar-refractivity contribution in [2.45, 2.75) is 33.8 Å². The average molecular weight is 497 g/mol. The maximum atomic E-state index is 12.5. The number of carbonyl (C=O) groups is 2. The molecule has 9 heteroatoms. The fraction of sp³-hybridized carbons (Fsp3) is 0.217. The molecule has 8 nitrogen and oxygen atoms in total. The van der Waals surface area contributed by atoms with Gasteiger partial charge in [0.15, 0.2) is 11.9 Å². The van der Waals surface area contributed by atoms with Crippen molar-refractivity contribution in [2.75, 3.05) is 5.32 Å². The fourth-order valence-corrected chi connectivity index (χ4v) is 3.41. The van der Waals surface area contributed by atoms with Crippen LogP contribution in [0.2, 0.25) is 0 Å². The van der Waals surface area contributed by atoms with Crippen LogP contribution in [-0.2, 0) is 14.3 Å². The van der Waals surface area contributed by atoms with E-state index in [2.05, 4.69) is 26.4 Å². The number of nitriles is 1. The quantitative estimate of drug-likeness (QED) is 0.302. The number of hydrogen-bond donors (Lipinski definition) is 1. The van der Waals surface area contributed by atoms with Gasteiger partial charge in [0, 0.05) is 27.6 Å². The number of amides is 1. The highest BCUT2D eigenvalue weighted by atomic mass is 79.9. The van der Waals surface area contributed by atoms with Crippen LogP contribution in [0, 0.1) is 32.1 Å². The zero-order chi connectivity index (χ0) is 23.4. The summed E-state index contributed by atoms with van der Waals surface area (Å²) < 4.78 is 13.0. The average Bonchev–Trinajstić information content (AvgIpc) is 3.28. The van der Waals surface area contributed by atoms with Gasteiger partial charge in [0.05, 0.1) is 0 Å². The molecule has 164 valence electrons. The number of esters is 1. The zero-order valence-corrected chi connectivity index (χ0v) is 19.6. The second-order valence-corrected chi connectivity index (χ2v) is 8.08. The number of aryl methyl sites for hydroxylation is 2. The molecule has 32 heavy (non-hydrogen) atoms. The highest BCUT2D eigenvalue weighted by molar-refractivity contribution is 9.10. The topological polar surface area (TPSA) is 110 Å². The third kappa shape index (κ3) is 5.15. The van der Waals surface area contributed by atoms with Crippen LogP contribution in [0.25, 0.3) is 11.8 Å². The third-order valence-corrected chi connectivity index (χ3v) is 5.26. The van der Waals surface area contributed by atoms with E-state index in [0.29, 0.717) is 11.3 Å². The smallest absolute Gasteiger partial charge is 0.349 e. The van der Waals surface area contributed by atoms with Crippen LogP contribution in [0.3, 0.4) is 0 Å². The highest BCUT2D eigenvalue weighted by Crippen LogP contribution is 2.24. The number of rotatable bonds is 6. The molecule has 1 aromatic carbocycles. The summed E-state index contributed by atoms with van der Waals surface area (Å²) in [7, 11) is 0. The molecule has 1 N–H and O–H groups in total. The second-order valence-electron chi connectivity index (χ2n) is 7.17. The maximum Gasteiger partial charge on any atom is 0.349 e. The molecule has 2 aromatic heterocycles. The van der Waals surface area contributed by atoms with Crippen molar-refractivity contribution in [1.29, 1.82) is 5.26 Å². The molecule has 2 heterocycles. The van der Waals surface area contributed by atoms with Crippen LogP contribution >= 0.6 is 15.9 Å². The lowest BCUT2D eigenvalue weighted by Crippen LogP contribution is -2.30. The molecule has 0 bridgehead atoms. The van der Waals surface area contributed by atoms with Gasteiger partial charge in [-0.25, -0.2) is 4.79 Å². The molecule has 0 saturated carbocycles. The van der Waals surface area contributed by atoms with Crippen molar-refractivity contribution >= 4 is 39.7 Å². The number of anilines is 1. The molecule has 0 spiro atoms.